The average Bonchev–Trinajstić information content (AvgIpc) is 2.34. The molecule has 2 nitrogen and oxygen atoms in total. The van der Waals surface area contributed by atoms with E-state index in [1.54, 1.807) is 0 Å². The number of carbonyl (C=O) groups is 1. The Morgan fingerprint density at radius 3 is 2.72 bits per heavy atom. The van der Waals surface area contributed by atoms with Gasteiger partial charge >= 0.3 is 0 Å². The molecule has 0 spiro atoms. The van der Waals surface area contributed by atoms with Gasteiger partial charge in [-0.25, -0.2) is 0 Å². The van der Waals surface area contributed by atoms with Gasteiger partial charge in [-0.3, -0.25) is 4.79 Å². The highest BCUT2D eigenvalue weighted by Crippen LogP contribution is 2.26. The van der Waals surface area contributed by atoms with E-state index in [0.717, 1.165) is 18.5 Å². The second-order valence-electron chi connectivity index (χ2n) is 5.59. The van der Waals surface area contributed by atoms with Gasteiger partial charge in [0.25, 0.3) is 0 Å². The third kappa shape index (κ3) is 2.74. The Bertz CT molecular complexity index is 437. The Morgan fingerprint density at radius 2 is 2.00 bits per heavy atom. The first-order valence-corrected chi connectivity index (χ1v) is 6.98. The highest BCUT2D eigenvalue weighted by atomic mass is 16.1. The normalized spacial score (nSPS) is 16.1. The fourth-order valence-corrected chi connectivity index (χ4v) is 2.61. The largest absolute Gasteiger partial charge is 0.374 e. The molecule has 2 rings (SSSR count). The topological polar surface area (TPSA) is 20.3 Å². The van der Waals surface area contributed by atoms with E-state index in [0.29, 0.717) is 0 Å². The van der Waals surface area contributed by atoms with Crippen molar-refractivity contribution in [3.8, 4) is 0 Å². The number of nitrogens with zero attached hydrogens (tertiary/aromatic N) is 1. The van der Waals surface area contributed by atoms with Crippen LogP contribution in [-0.4, -0.2) is 19.4 Å². The maximum absolute atomic E-state index is 12.1. The van der Waals surface area contributed by atoms with Crippen molar-refractivity contribution in [3.05, 3.63) is 29.3 Å². The minimum Gasteiger partial charge on any atom is -0.374 e. The van der Waals surface area contributed by atoms with Gasteiger partial charge in [-0.05, 0) is 43.0 Å². The molecule has 0 saturated heterocycles. The number of hydrogen-bond acceptors (Lipinski definition) is 2. The monoisotopic (exact) mass is 245 g/mol. The summed E-state index contributed by atoms with van der Waals surface area (Å²) in [6.07, 6.45) is 4.88. The Kier molecular flexibility index (Phi) is 4.05. The van der Waals surface area contributed by atoms with Crippen molar-refractivity contribution in [3.63, 3.8) is 0 Å². The van der Waals surface area contributed by atoms with Crippen LogP contribution in [0.15, 0.2) is 18.2 Å². The van der Waals surface area contributed by atoms with Crippen molar-refractivity contribution in [2.45, 2.75) is 39.5 Å². The molecule has 0 atom stereocenters. The predicted octanol–water partition coefficient (Wildman–Crippen LogP) is 3.69. The van der Waals surface area contributed by atoms with Crippen LogP contribution < -0.4 is 4.90 Å². The summed E-state index contributed by atoms with van der Waals surface area (Å²) in [6, 6.07) is 6.22. The Morgan fingerprint density at radius 1 is 1.22 bits per heavy atom. The van der Waals surface area contributed by atoms with Gasteiger partial charge in [0.15, 0.2) is 5.78 Å². The van der Waals surface area contributed by atoms with Crippen LogP contribution >= 0.6 is 0 Å². The molecule has 0 aromatic heterocycles. The van der Waals surface area contributed by atoms with E-state index in [1.807, 2.05) is 19.9 Å². The summed E-state index contributed by atoms with van der Waals surface area (Å²) in [5, 5.41) is 0. The summed E-state index contributed by atoms with van der Waals surface area (Å²) in [5.41, 5.74) is 3.51. The summed E-state index contributed by atoms with van der Waals surface area (Å²) in [7, 11) is 2.15. The maximum Gasteiger partial charge on any atom is 0.165 e. The average molecular weight is 245 g/mol. The Labute approximate surface area is 110 Å². The zero-order chi connectivity index (χ0) is 13.1. The minimum absolute atomic E-state index is 0.0781. The molecular formula is C16H23NO. The lowest BCUT2D eigenvalue weighted by Crippen LogP contribution is -2.22. The molecule has 98 valence electrons. The van der Waals surface area contributed by atoms with Crippen LogP contribution in [0.4, 0.5) is 5.69 Å². The number of hydrogen-bond donors (Lipinski definition) is 0. The molecule has 1 heterocycles. The molecular weight excluding hydrogens is 222 g/mol. The first kappa shape index (κ1) is 13.1. The fraction of sp³-hybridized carbons (Fsp3) is 0.562. The molecule has 0 bridgehead atoms. The zero-order valence-corrected chi connectivity index (χ0v) is 11.7. The van der Waals surface area contributed by atoms with E-state index in [-0.39, 0.29) is 11.7 Å². The summed E-state index contributed by atoms with van der Waals surface area (Å²) in [4.78, 5) is 14.4. The van der Waals surface area contributed by atoms with E-state index in [9.17, 15) is 4.79 Å². The Hall–Kier alpha value is -1.31. The predicted molar refractivity (Wildman–Crippen MR) is 76.4 cm³/mol. The molecule has 1 aliphatic heterocycles. The molecule has 1 aliphatic rings. The zero-order valence-electron chi connectivity index (χ0n) is 11.7. The van der Waals surface area contributed by atoms with Crippen LogP contribution in [0, 0.1) is 5.92 Å². The summed E-state index contributed by atoms with van der Waals surface area (Å²) in [5.74, 6) is 0.330. The van der Waals surface area contributed by atoms with Gasteiger partial charge in [0.05, 0.1) is 0 Å². The number of benzene rings is 1. The van der Waals surface area contributed by atoms with Gasteiger partial charge < -0.3 is 4.90 Å². The molecule has 0 fully saturated rings. The number of aryl methyl sites for hydroxylation is 1. The van der Waals surface area contributed by atoms with Crippen LogP contribution in [0.25, 0.3) is 0 Å². The van der Waals surface area contributed by atoms with Gasteiger partial charge in [0.2, 0.25) is 0 Å². The lowest BCUT2D eigenvalue weighted by molar-refractivity contribution is 0.0939. The van der Waals surface area contributed by atoms with Crippen molar-refractivity contribution in [1.29, 1.82) is 0 Å². The van der Waals surface area contributed by atoms with Crippen LogP contribution in [0.3, 0.4) is 0 Å². The van der Waals surface area contributed by atoms with Crippen LogP contribution in [0.2, 0.25) is 0 Å². The van der Waals surface area contributed by atoms with Crippen molar-refractivity contribution >= 4 is 11.5 Å². The summed E-state index contributed by atoms with van der Waals surface area (Å²) in [6.45, 7) is 5.04. The van der Waals surface area contributed by atoms with Crippen LogP contribution in [0.1, 0.15) is 49.0 Å². The number of rotatable bonds is 2. The van der Waals surface area contributed by atoms with Crippen molar-refractivity contribution in [2.24, 2.45) is 5.92 Å². The Balaban J connectivity index is 2.34. The number of carbonyl (C=O) groups excluding carboxylic acids is 1. The van der Waals surface area contributed by atoms with Crippen molar-refractivity contribution in [1.82, 2.24) is 0 Å². The first-order chi connectivity index (χ1) is 8.59. The van der Waals surface area contributed by atoms with E-state index in [2.05, 4.69) is 24.1 Å². The van der Waals surface area contributed by atoms with Gasteiger partial charge in [0.1, 0.15) is 0 Å². The first-order valence-electron chi connectivity index (χ1n) is 6.98. The smallest absolute Gasteiger partial charge is 0.165 e. The maximum atomic E-state index is 12.1. The molecule has 2 heteroatoms. The second kappa shape index (κ2) is 5.55. The number of anilines is 1. The van der Waals surface area contributed by atoms with Crippen LogP contribution in [0.5, 0.6) is 0 Å². The van der Waals surface area contributed by atoms with E-state index in [1.165, 1.54) is 30.5 Å². The second-order valence-corrected chi connectivity index (χ2v) is 5.59. The summed E-state index contributed by atoms with van der Waals surface area (Å²) >= 11 is 0. The van der Waals surface area contributed by atoms with Crippen LogP contribution in [-0.2, 0) is 6.42 Å². The minimum atomic E-state index is 0.0781. The number of fused-ring (bicyclic) bond motifs is 1. The third-order valence-electron chi connectivity index (χ3n) is 3.74. The molecule has 18 heavy (non-hydrogen) atoms. The quantitative estimate of drug-likeness (QED) is 0.741. The third-order valence-corrected chi connectivity index (χ3v) is 3.74. The summed E-state index contributed by atoms with van der Waals surface area (Å²) < 4.78 is 0. The molecule has 1 aromatic carbocycles. The van der Waals surface area contributed by atoms with E-state index >= 15 is 0 Å². The fourth-order valence-electron chi connectivity index (χ4n) is 2.61. The van der Waals surface area contributed by atoms with Gasteiger partial charge in [-0.2, -0.15) is 0 Å². The molecule has 0 unspecified atom stereocenters. The highest BCUT2D eigenvalue weighted by Gasteiger charge is 2.15. The van der Waals surface area contributed by atoms with Crippen molar-refractivity contribution < 1.29 is 4.79 Å². The van der Waals surface area contributed by atoms with Crippen molar-refractivity contribution in [2.75, 3.05) is 18.5 Å². The standard InChI is InChI=1S/C16H23NO/c1-12(2)16(18)14-8-9-15-13(11-14)7-5-4-6-10-17(15)3/h8-9,11-12H,4-7,10H2,1-3H3. The molecule has 0 saturated carbocycles. The molecule has 0 aliphatic carbocycles. The lowest BCUT2D eigenvalue weighted by atomic mass is 9.95. The molecule has 0 N–H and O–H groups in total. The molecule has 0 amide bonds. The van der Waals surface area contributed by atoms with E-state index in [4.69, 9.17) is 0 Å². The van der Waals surface area contributed by atoms with Gasteiger partial charge in [-0.15, -0.1) is 0 Å². The molecule has 0 radical (unpaired) electrons. The lowest BCUT2D eigenvalue weighted by Gasteiger charge is -2.25. The van der Waals surface area contributed by atoms with Gasteiger partial charge in [0, 0.05) is 30.8 Å². The van der Waals surface area contributed by atoms with Gasteiger partial charge in [-0.1, -0.05) is 20.3 Å². The molecule has 1 aromatic rings. The SMILES string of the molecule is CC(C)C(=O)c1ccc2c(c1)CCCCCN2C. The van der Waals surface area contributed by atoms with E-state index < -0.39 is 0 Å². The number of ketones is 1. The number of Topliss-reactive ketones (excluding diaryl/α,β-unsaturated/α-hetero) is 1. The highest BCUT2D eigenvalue weighted by molar-refractivity contribution is 5.98.